The third-order valence-electron chi connectivity index (χ3n) is 4.63. The Kier molecular flexibility index (Phi) is 4.67. The van der Waals surface area contributed by atoms with Gasteiger partial charge in [-0.05, 0) is 38.8 Å². The molecule has 0 radical (unpaired) electrons. The molecule has 0 bridgehead atoms. The van der Waals surface area contributed by atoms with Crippen LogP contribution in [-0.4, -0.2) is 35.1 Å². The molecule has 2 aromatic rings. The van der Waals surface area contributed by atoms with E-state index in [1.54, 1.807) is 12.1 Å². The van der Waals surface area contributed by atoms with Crippen LogP contribution in [0.25, 0.3) is 10.9 Å². The molecule has 0 unspecified atom stereocenters. The van der Waals surface area contributed by atoms with E-state index < -0.39 is 11.9 Å². The average Bonchev–Trinajstić information content (AvgIpc) is 2.54. The number of likely N-dealkylation sites (tertiary alicyclic amines) is 1. The van der Waals surface area contributed by atoms with E-state index >= 15 is 0 Å². The summed E-state index contributed by atoms with van der Waals surface area (Å²) >= 11 is 0. The zero-order valence-corrected chi connectivity index (χ0v) is 13.9. The predicted molar refractivity (Wildman–Crippen MR) is 90.1 cm³/mol. The minimum Gasteiger partial charge on any atom is -0.382 e. The molecule has 0 saturated carbocycles. The Labute approximate surface area is 139 Å². The molecule has 1 aliphatic heterocycles. The molecule has 1 aliphatic rings. The second kappa shape index (κ2) is 6.59. The Hall–Kier alpha value is -1.82. The fraction of sp³-hybridized carbons (Fsp3) is 0.500. The van der Waals surface area contributed by atoms with Gasteiger partial charge in [-0.15, -0.1) is 0 Å². The molecule has 24 heavy (non-hydrogen) atoms. The highest BCUT2D eigenvalue weighted by molar-refractivity contribution is 5.91. The SMILES string of the molecule is CC(C)N1CCC(Nc2cc(C(F)(F)F)nc3ccccc23)CC1. The van der Waals surface area contributed by atoms with E-state index in [-0.39, 0.29) is 6.04 Å². The van der Waals surface area contributed by atoms with Gasteiger partial charge in [0.25, 0.3) is 0 Å². The summed E-state index contributed by atoms with van der Waals surface area (Å²) in [6.07, 6.45) is -2.59. The van der Waals surface area contributed by atoms with E-state index in [1.807, 2.05) is 12.1 Å². The number of benzene rings is 1. The van der Waals surface area contributed by atoms with Crippen molar-refractivity contribution in [3.8, 4) is 0 Å². The highest BCUT2D eigenvalue weighted by Crippen LogP contribution is 2.33. The van der Waals surface area contributed by atoms with Crippen molar-refractivity contribution >= 4 is 16.6 Å². The third kappa shape index (κ3) is 3.64. The number of fused-ring (bicyclic) bond motifs is 1. The van der Waals surface area contributed by atoms with Gasteiger partial charge in [0.05, 0.1) is 5.52 Å². The van der Waals surface area contributed by atoms with E-state index in [9.17, 15) is 13.2 Å². The van der Waals surface area contributed by atoms with Crippen LogP contribution in [0.2, 0.25) is 0 Å². The Balaban J connectivity index is 1.86. The molecule has 1 fully saturated rings. The Morgan fingerprint density at radius 1 is 1.17 bits per heavy atom. The van der Waals surface area contributed by atoms with Crippen LogP contribution in [0.3, 0.4) is 0 Å². The Bertz CT molecular complexity index is 704. The summed E-state index contributed by atoms with van der Waals surface area (Å²) in [5.41, 5.74) is 0.0497. The van der Waals surface area contributed by atoms with Gasteiger partial charge in [0.15, 0.2) is 0 Å². The molecule has 130 valence electrons. The molecule has 1 aromatic heterocycles. The minimum absolute atomic E-state index is 0.187. The maximum absolute atomic E-state index is 13.1. The first-order valence-corrected chi connectivity index (χ1v) is 8.32. The lowest BCUT2D eigenvalue weighted by molar-refractivity contribution is -0.140. The number of aromatic nitrogens is 1. The lowest BCUT2D eigenvalue weighted by Crippen LogP contribution is -2.42. The molecule has 1 N–H and O–H groups in total. The van der Waals surface area contributed by atoms with Crippen LogP contribution in [0.4, 0.5) is 18.9 Å². The van der Waals surface area contributed by atoms with Crippen molar-refractivity contribution in [3.05, 3.63) is 36.0 Å². The van der Waals surface area contributed by atoms with Crippen LogP contribution >= 0.6 is 0 Å². The van der Waals surface area contributed by atoms with E-state index in [1.165, 1.54) is 0 Å². The molecular weight excluding hydrogens is 315 g/mol. The maximum Gasteiger partial charge on any atom is 0.433 e. The number of para-hydroxylation sites is 1. The Morgan fingerprint density at radius 2 is 1.83 bits per heavy atom. The molecule has 2 heterocycles. The van der Waals surface area contributed by atoms with E-state index in [4.69, 9.17) is 0 Å². The molecule has 0 amide bonds. The molecule has 3 nitrogen and oxygen atoms in total. The molecule has 3 rings (SSSR count). The maximum atomic E-state index is 13.1. The fourth-order valence-electron chi connectivity index (χ4n) is 3.22. The summed E-state index contributed by atoms with van der Waals surface area (Å²) in [6, 6.07) is 8.79. The number of nitrogens with one attached hydrogen (secondary N) is 1. The van der Waals surface area contributed by atoms with Crippen molar-refractivity contribution in [2.45, 2.75) is 44.9 Å². The van der Waals surface area contributed by atoms with Crippen molar-refractivity contribution in [1.29, 1.82) is 0 Å². The first kappa shape index (κ1) is 17.0. The summed E-state index contributed by atoms with van der Waals surface area (Å²) in [4.78, 5) is 6.16. The van der Waals surface area contributed by atoms with Gasteiger partial charge >= 0.3 is 6.18 Å². The summed E-state index contributed by atoms with van der Waals surface area (Å²) in [5, 5.41) is 4.06. The van der Waals surface area contributed by atoms with Crippen molar-refractivity contribution in [1.82, 2.24) is 9.88 Å². The number of piperidine rings is 1. The fourth-order valence-corrected chi connectivity index (χ4v) is 3.22. The first-order valence-electron chi connectivity index (χ1n) is 8.32. The quantitative estimate of drug-likeness (QED) is 0.891. The number of nitrogens with zero attached hydrogens (tertiary/aromatic N) is 2. The van der Waals surface area contributed by atoms with E-state index in [0.29, 0.717) is 17.2 Å². The van der Waals surface area contributed by atoms with E-state index in [2.05, 4.69) is 29.0 Å². The third-order valence-corrected chi connectivity index (χ3v) is 4.63. The van der Waals surface area contributed by atoms with Gasteiger partial charge in [-0.25, -0.2) is 4.98 Å². The number of alkyl halides is 3. The highest BCUT2D eigenvalue weighted by Gasteiger charge is 2.33. The molecule has 1 saturated heterocycles. The minimum atomic E-state index is -4.44. The zero-order chi connectivity index (χ0) is 17.3. The van der Waals surface area contributed by atoms with Crippen molar-refractivity contribution < 1.29 is 13.2 Å². The second-order valence-corrected chi connectivity index (χ2v) is 6.62. The predicted octanol–water partition coefficient (Wildman–Crippen LogP) is 4.54. The number of rotatable bonds is 3. The van der Waals surface area contributed by atoms with Gasteiger partial charge in [0.2, 0.25) is 0 Å². The largest absolute Gasteiger partial charge is 0.433 e. The van der Waals surface area contributed by atoms with Crippen molar-refractivity contribution in [2.75, 3.05) is 18.4 Å². The standard InChI is InChI=1S/C18H22F3N3/c1-12(2)24-9-7-13(8-10-24)22-16-11-17(18(19,20)21)23-15-6-4-3-5-14(15)16/h3-6,11-13H,7-10H2,1-2H3,(H,22,23). The molecule has 0 spiro atoms. The normalized spacial score (nSPS) is 17.6. The van der Waals surface area contributed by atoms with E-state index in [0.717, 1.165) is 37.4 Å². The number of hydrogen-bond acceptors (Lipinski definition) is 3. The summed E-state index contributed by atoms with van der Waals surface area (Å²) in [6.45, 7) is 6.26. The van der Waals surface area contributed by atoms with Gasteiger partial charge < -0.3 is 10.2 Å². The van der Waals surface area contributed by atoms with Crippen molar-refractivity contribution in [3.63, 3.8) is 0 Å². The van der Waals surface area contributed by atoms with Gasteiger partial charge in [0, 0.05) is 36.2 Å². The smallest absolute Gasteiger partial charge is 0.382 e. The summed E-state index contributed by atoms with van der Waals surface area (Å²) in [5.74, 6) is 0. The number of hydrogen-bond donors (Lipinski definition) is 1. The first-order chi connectivity index (χ1) is 11.3. The molecular formula is C18H22F3N3. The van der Waals surface area contributed by atoms with Gasteiger partial charge in [-0.2, -0.15) is 13.2 Å². The van der Waals surface area contributed by atoms with Crippen molar-refractivity contribution in [2.24, 2.45) is 0 Å². The van der Waals surface area contributed by atoms with Gasteiger partial charge in [0.1, 0.15) is 5.69 Å². The summed E-state index contributed by atoms with van der Waals surface area (Å²) < 4.78 is 39.4. The van der Waals surface area contributed by atoms with Gasteiger partial charge in [-0.3, -0.25) is 0 Å². The molecule has 1 aromatic carbocycles. The zero-order valence-electron chi connectivity index (χ0n) is 13.9. The lowest BCUT2D eigenvalue weighted by Gasteiger charge is -2.35. The van der Waals surface area contributed by atoms with Crippen LogP contribution in [0.15, 0.2) is 30.3 Å². The van der Waals surface area contributed by atoms with Crippen LogP contribution in [0.1, 0.15) is 32.4 Å². The number of halogens is 3. The topological polar surface area (TPSA) is 28.2 Å². The monoisotopic (exact) mass is 337 g/mol. The highest BCUT2D eigenvalue weighted by atomic mass is 19.4. The van der Waals surface area contributed by atoms with Gasteiger partial charge in [-0.1, -0.05) is 18.2 Å². The van der Waals surface area contributed by atoms with Crippen LogP contribution in [-0.2, 0) is 6.18 Å². The lowest BCUT2D eigenvalue weighted by atomic mass is 10.0. The molecule has 6 heteroatoms. The number of pyridine rings is 1. The van der Waals surface area contributed by atoms with Crippen LogP contribution < -0.4 is 5.32 Å². The second-order valence-electron chi connectivity index (χ2n) is 6.62. The summed E-state index contributed by atoms with van der Waals surface area (Å²) in [7, 11) is 0. The Morgan fingerprint density at radius 3 is 2.46 bits per heavy atom. The van der Waals surface area contributed by atoms with Crippen LogP contribution in [0, 0.1) is 0 Å². The molecule has 0 atom stereocenters. The molecule has 0 aliphatic carbocycles. The number of anilines is 1. The van der Waals surface area contributed by atoms with Crippen LogP contribution in [0.5, 0.6) is 0 Å². The average molecular weight is 337 g/mol.